The van der Waals surface area contributed by atoms with E-state index in [1.807, 2.05) is 0 Å². The Bertz CT molecular complexity index is 995. The molecule has 0 bridgehead atoms. The van der Waals surface area contributed by atoms with Crippen molar-refractivity contribution in [1.29, 1.82) is 0 Å². The van der Waals surface area contributed by atoms with E-state index in [-0.39, 0.29) is 74.8 Å². The number of hydrogen-bond donors (Lipinski definition) is 4. The molecule has 4 heterocycles. The highest BCUT2D eigenvalue weighted by molar-refractivity contribution is 5.08. The Morgan fingerprint density at radius 2 is 0.778 bits per heavy atom. The molecule has 0 spiro atoms. The fourth-order valence-electron chi connectivity index (χ4n) is 9.33. The van der Waals surface area contributed by atoms with Gasteiger partial charge in [-0.05, 0) is 149 Å². The van der Waals surface area contributed by atoms with Gasteiger partial charge < -0.3 is 40.2 Å². The lowest BCUT2D eigenvalue weighted by atomic mass is 9.95. The summed E-state index contributed by atoms with van der Waals surface area (Å²) in [5.74, 6) is 0. The van der Waals surface area contributed by atoms with Gasteiger partial charge in [0, 0.05) is 50.9 Å². The minimum Gasteiger partial charge on any atom is -0.376 e. The third-order valence-electron chi connectivity index (χ3n) is 10.8. The third-order valence-corrected chi connectivity index (χ3v) is 10.8. The Labute approximate surface area is 277 Å². The molecule has 0 saturated carbocycles. The van der Waals surface area contributed by atoms with Gasteiger partial charge in [0.2, 0.25) is 0 Å². The Kier molecular flexibility index (Phi) is 10.2. The lowest BCUT2D eigenvalue weighted by Gasteiger charge is -2.40. The molecule has 0 aromatic heterocycles. The first-order valence-electron chi connectivity index (χ1n) is 17.9. The first-order valence-corrected chi connectivity index (χ1v) is 17.9. The first-order chi connectivity index (χ1) is 20.1. The molecule has 4 aliphatic rings. The maximum absolute atomic E-state index is 7.21. The van der Waals surface area contributed by atoms with Crippen molar-refractivity contribution >= 4 is 0 Å². The van der Waals surface area contributed by atoms with E-state index < -0.39 is 6.29 Å². The van der Waals surface area contributed by atoms with Crippen LogP contribution in [0.5, 0.6) is 0 Å². The molecule has 4 fully saturated rings. The van der Waals surface area contributed by atoms with E-state index in [0.717, 1.165) is 38.5 Å². The van der Waals surface area contributed by atoms with Crippen molar-refractivity contribution in [2.24, 2.45) is 0 Å². The minimum absolute atomic E-state index is 0.00429. The van der Waals surface area contributed by atoms with Crippen molar-refractivity contribution < 1.29 is 18.9 Å². The van der Waals surface area contributed by atoms with Crippen LogP contribution in [0.25, 0.3) is 0 Å². The normalized spacial score (nSPS) is 36.3. The van der Waals surface area contributed by atoms with Crippen LogP contribution in [0.3, 0.4) is 0 Å². The van der Waals surface area contributed by atoms with Gasteiger partial charge in [-0.2, -0.15) is 0 Å². The molecule has 5 atom stereocenters. The Morgan fingerprint density at radius 3 is 1.09 bits per heavy atom. The Balaban J connectivity index is 1.59. The van der Waals surface area contributed by atoms with Gasteiger partial charge in [0.05, 0.1) is 24.4 Å². The molecule has 4 N–H and O–H groups in total. The predicted octanol–water partition coefficient (Wildman–Crippen LogP) is 6.20. The van der Waals surface area contributed by atoms with Gasteiger partial charge in [-0.15, -0.1) is 0 Å². The Hall–Kier alpha value is -0.320. The molecule has 4 aliphatic heterocycles. The molecule has 0 aliphatic carbocycles. The van der Waals surface area contributed by atoms with Crippen LogP contribution >= 0.6 is 0 Å². The summed E-state index contributed by atoms with van der Waals surface area (Å²) in [4.78, 5) is 0. The van der Waals surface area contributed by atoms with Gasteiger partial charge in [0.1, 0.15) is 6.10 Å². The van der Waals surface area contributed by atoms with E-state index in [1.165, 1.54) is 0 Å². The SMILES string of the molecule is CC1(C)CC(OCCCC(OC2CC(C)(C)NC2(C)C)C(OC2CC(C)(C)NC2(C)C)OC2CC(C)(C)NC2(C)C)C(C)(C)N1. The van der Waals surface area contributed by atoms with Gasteiger partial charge in [-0.1, -0.05) is 0 Å². The third kappa shape index (κ3) is 9.23. The second-order valence-electron chi connectivity index (χ2n) is 20.0. The summed E-state index contributed by atoms with van der Waals surface area (Å²) in [7, 11) is 0. The molecule has 8 nitrogen and oxygen atoms in total. The fourth-order valence-corrected chi connectivity index (χ4v) is 9.33. The largest absolute Gasteiger partial charge is 0.376 e. The zero-order chi connectivity index (χ0) is 34.1. The molecule has 4 rings (SSSR count). The summed E-state index contributed by atoms with van der Waals surface area (Å²) in [5.41, 5.74) is -0.563. The highest BCUT2D eigenvalue weighted by atomic mass is 16.7. The summed E-state index contributed by atoms with van der Waals surface area (Å²) < 4.78 is 28.1. The van der Waals surface area contributed by atoms with E-state index in [9.17, 15) is 0 Å². The molecule has 0 radical (unpaired) electrons. The molecule has 4 saturated heterocycles. The van der Waals surface area contributed by atoms with E-state index in [2.05, 4.69) is 132 Å². The number of nitrogens with one attached hydrogen (secondary N) is 4. The van der Waals surface area contributed by atoms with Crippen molar-refractivity contribution in [3.05, 3.63) is 0 Å². The molecule has 8 heteroatoms. The van der Waals surface area contributed by atoms with Gasteiger partial charge in [-0.25, -0.2) is 0 Å². The zero-order valence-corrected chi connectivity index (χ0v) is 32.0. The fraction of sp³-hybridized carbons (Fsp3) is 1.00. The molecular weight excluding hydrogens is 564 g/mol. The zero-order valence-electron chi connectivity index (χ0n) is 32.0. The maximum Gasteiger partial charge on any atom is 0.184 e. The lowest BCUT2D eigenvalue weighted by Crippen LogP contribution is -2.53. The molecular formula is C37H72N4O4. The molecule has 5 unspecified atom stereocenters. The number of rotatable bonds is 12. The highest BCUT2D eigenvalue weighted by Gasteiger charge is 2.52. The van der Waals surface area contributed by atoms with Crippen LogP contribution in [0.2, 0.25) is 0 Å². The first kappa shape index (κ1) is 37.5. The van der Waals surface area contributed by atoms with E-state index in [4.69, 9.17) is 18.9 Å². The van der Waals surface area contributed by atoms with Crippen molar-refractivity contribution in [2.75, 3.05) is 6.61 Å². The van der Waals surface area contributed by atoms with Crippen LogP contribution in [-0.4, -0.2) is 87.7 Å². The predicted molar refractivity (Wildman–Crippen MR) is 185 cm³/mol. The van der Waals surface area contributed by atoms with Gasteiger partial charge in [0.25, 0.3) is 0 Å². The van der Waals surface area contributed by atoms with E-state index in [1.54, 1.807) is 0 Å². The summed E-state index contributed by atoms with van der Waals surface area (Å²) in [6.45, 7) is 36.9. The molecule has 0 amide bonds. The molecule has 0 aromatic carbocycles. The van der Waals surface area contributed by atoms with Crippen molar-refractivity contribution in [3.8, 4) is 0 Å². The standard InChI is InChI=1S/C37H72N4O4/c1-30(2)20-25(34(9,10)38-30)42-19-17-18-24(43-26-21-31(3,4)39-35(26,11)12)29(44-27-22-32(5,6)40-36(27,13)14)45-28-23-33(7,8)41-37(28,15)16/h24-29,38-41H,17-23H2,1-16H3. The van der Waals surface area contributed by atoms with Gasteiger partial charge in [0.15, 0.2) is 6.29 Å². The highest BCUT2D eigenvalue weighted by Crippen LogP contribution is 2.40. The van der Waals surface area contributed by atoms with Crippen LogP contribution in [-0.2, 0) is 18.9 Å². The van der Waals surface area contributed by atoms with Crippen LogP contribution in [0.15, 0.2) is 0 Å². The van der Waals surface area contributed by atoms with E-state index >= 15 is 0 Å². The smallest absolute Gasteiger partial charge is 0.184 e. The Morgan fingerprint density at radius 1 is 0.467 bits per heavy atom. The van der Waals surface area contributed by atoms with Crippen molar-refractivity contribution in [1.82, 2.24) is 21.3 Å². The molecule has 45 heavy (non-hydrogen) atoms. The quantitative estimate of drug-likeness (QED) is 0.149. The maximum atomic E-state index is 7.21. The summed E-state index contributed by atoms with van der Waals surface area (Å²) in [6, 6.07) is 0. The van der Waals surface area contributed by atoms with E-state index in [0.29, 0.717) is 6.61 Å². The minimum atomic E-state index is -0.506. The number of hydrogen-bond acceptors (Lipinski definition) is 8. The summed E-state index contributed by atoms with van der Waals surface area (Å²) in [5, 5.41) is 15.2. The van der Waals surface area contributed by atoms with Crippen LogP contribution in [0, 0.1) is 0 Å². The van der Waals surface area contributed by atoms with Gasteiger partial charge >= 0.3 is 0 Å². The van der Waals surface area contributed by atoms with Crippen molar-refractivity contribution in [2.45, 2.75) is 230 Å². The second kappa shape index (κ2) is 12.2. The van der Waals surface area contributed by atoms with Crippen LogP contribution in [0.1, 0.15) is 149 Å². The monoisotopic (exact) mass is 637 g/mol. The molecule has 264 valence electrons. The van der Waals surface area contributed by atoms with Crippen LogP contribution < -0.4 is 21.3 Å². The summed E-state index contributed by atoms with van der Waals surface area (Å²) >= 11 is 0. The van der Waals surface area contributed by atoms with Gasteiger partial charge in [-0.3, -0.25) is 0 Å². The number of ether oxygens (including phenoxy) is 4. The molecule has 0 aromatic rings. The summed E-state index contributed by atoms with van der Waals surface area (Å²) in [6.07, 6.45) is 4.89. The topological polar surface area (TPSA) is 85.0 Å². The van der Waals surface area contributed by atoms with Crippen LogP contribution in [0.4, 0.5) is 0 Å². The lowest BCUT2D eigenvalue weighted by molar-refractivity contribution is -0.265. The average Bonchev–Trinajstić information content (AvgIpc) is 3.32. The van der Waals surface area contributed by atoms with Crippen molar-refractivity contribution in [3.63, 3.8) is 0 Å². The second-order valence-corrected chi connectivity index (χ2v) is 20.0. The average molecular weight is 637 g/mol.